The maximum absolute atomic E-state index is 12.3. The zero-order chi connectivity index (χ0) is 18.6. The van der Waals surface area contributed by atoms with Gasteiger partial charge in [0.25, 0.3) is 12.3 Å². The van der Waals surface area contributed by atoms with Gasteiger partial charge >= 0.3 is 0 Å². The Morgan fingerprint density at radius 3 is 2.92 bits per heavy atom. The number of nitrogens with zero attached hydrogens (tertiary/aromatic N) is 1. The fourth-order valence-electron chi connectivity index (χ4n) is 3.92. The van der Waals surface area contributed by atoms with E-state index in [1.54, 1.807) is 0 Å². The quantitative estimate of drug-likeness (QED) is 0.801. The number of ether oxygens (including phenoxy) is 2. The van der Waals surface area contributed by atoms with E-state index in [0.29, 0.717) is 19.8 Å². The number of pyridine rings is 1. The van der Waals surface area contributed by atoms with Crippen LogP contribution >= 0.6 is 0 Å². The Morgan fingerprint density at radius 2 is 2.19 bits per heavy atom. The lowest BCUT2D eigenvalue weighted by molar-refractivity contribution is -0.0555. The van der Waals surface area contributed by atoms with Gasteiger partial charge in [0.05, 0.1) is 6.10 Å². The summed E-state index contributed by atoms with van der Waals surface area (Å²) in [5, 5.41) is 13.5. The molecule has 2 aliphatic rings. The van der Waals surface area contributed by atoms with Gasteiger partial charge in [-0.25, -0.2) is 13.8 Å². The predicted molar refractivity (Wildman–Crippen MR) is 89.3 cm³/mol. The molecule has 2 N–H and O–H groups in total. The van der Waals surface area contributed by atoms with Gasteiger partial charge in [-0.2, -0.15) is 0 Å². The van der Waals surface area contributed by atoms with Crippen LogP contribution in [-0.2, 0) is 4.74 Å². The summed E-state index contributed by atoms with van der Waals surface area (Å²) in [6, 6.07) is 2.83. The first kappa shape index (κ1) is 19.0. The van der Waals surface area contributed by atoms with E-state index in [1.807, 2.05) is 0 Å². The molecule has 6 nitrogen and oxygen atoms in total. The highest BCUT2D eigenvalue weighted by Crippen LogP contribution is 2.48. The Kier molecular flexibility index (Phi) is 6.03. The number of hydrogen-bond donors (Lipinski definition) is 2. The van der Waals surface area contributed by atoms with Crippen molar-refractivity contribution < 1.29 is 28.2 Å². The van der Waals surface area contributed by atoms with E-state index in [2.05, 4.69) is 10.3 Å². The van der Waals surface area contributed by atoms with Gasteiger partial charge in [-0.1, -0.05) is 0 Å². The lowest BCUT2D eigenvalue weighted by Gasteiger charge is -2.37. The molecular formula is C18H24F2N2O4. The van der Waals surface area contributed by atoms with E-state index in [0.717, 1.165) is 25.7 Å². The second-order valence-corrected chi connectivity index (χ2v) is 7.01. The minimum atomic E-state index is -2.60. The van der Waals surface area contributed by atoms with Gasteiger partial charge in [0.15, 0.2) is 6.61 Å². The van der Waals surface area contributed by atoms with Crippen molar-refractivity contribution in [3.05, 3.63) is 23.9 Å². The Labute approximate surface area is 150 Å². The van der Waals surface area contributed by atoms with Gasteiger partial charge in [0, 0.05) is 48.9 Å². The number of aliphatic hydroxyl groups is 1. The minimum absolute atomic E-state index is 0.00782. The predicted octanol–water partition coefficient (Wildman–Crippen LogP) is 2.02. The van der Waals surface area contributed by atoms with Crippen LogP contribution in [0.3, 0.4) is 0 Å². The molecule has 1 aromatic heterocycles. The van der Waals surface area contributed by atoms with Crippen LogP contribution in [0.25, 0.3) is 0 Å². The molecule has 1 amide bonds. The molecule has 1 aliphatic heterocycles. The van der Waals surface area contributed by atoms with Gasteiger partial charge in [0.1, 0.15) is 0 Å². The molecule has 1 saturated carbocycles. The molecule has 26 heavy (non-hydrogen) atoms. The van der Waals surface area contributed by atoms with E-state index < -0.39 is 19.1 Å². The Morgan fingerprint density at radius 1 is 1.42 bits per heavy atom. The Bertz CT molecular complexity index is 623. The number of hydrogen-bond acceptors (Lipinski definition) is 5. The highest BCUT2D eigenvalue weighted by atomic mass is 19.3. The average molecular weight is 370 g/mol. The lowest BCUT2D eigenvalue weighted by Crippen LogP contribution is -2.41. The summed E-state index contributed by atoms with van der Waals surface area (Å²) < 4.78 is 34.6. The number of aromatic nitrogens is 1. The molecule has 0 radical (unpaired) electrons. The van der Waals surface area contributed by atoms with Gasteiger partial charge in [-0.05, 0) is 31.7 Å². The van der Waals surface area contributed by atoms with Crippen molar-refractivity contribution in [1.82, 2.24) is 10.3 Å². The first-order valence-corrected chi connectivity index (χ1v) is 8.91. The maximum atomic E-state index is 12.3. The first-order valence-electron chi connectivity index (χ1n) is 8.91. The fourth-order valence-corrected chi connectivity index (χ4v) is 3.92. The van der Waals surface area contributed by atoms with Crippen molar-refractivity contribution in [1.29, 1.82) is 0 Å². The molecule has 1 aromatic rings. The smallest absolute Gasteiger partial charge is 0.272 e. The molecule has 0 aromatic carbocycles. The number of aliphatic hydroxyl groups excluding tert-OH is 1. The van der Waals surface area contributed by atoms with Crippen molar-refractivity contribution in [2.45, 2.75) is 38.2 Å². The highest BCUT2D eigenvalue weighted by Gasteiger charge is 2.48. The number of nitrogens with one attached hydrogen (secondary N) is 1. The van der Waals surface area contributed by atoms with Gasteiger partial charge < -0.3 is 19.9 Å². The molecule has 0 bridgehead atoms. The number of carbonyl (C=O) groups excluding carboxylic acids is 1. The summed E-state index contributed by atoms with van der Waals surface area (Å²) in [5.41, 5.74) is 0.207. The van der Waals surface area contributed by atoms with E-state index in [4.69, 9.17) is 9.47 Å². The number of amides is 1. The first-order chi connectivity index (χ1) is 12.5. The molecular weight excluding hydrogens is 346 g/mol. The Balaban J connectivity index is 1.53. The zero-order valence-electron chi connectivity index (χ0n) is 14.5. The molecule has 1 aliphatic carbocycles. The second kappa shape index (κ2) is 8.26. The topological polar surface area (TPSA) is 80.7 Å². The van der Waals surface area contributed by atoms with Crippen LogP contribution in [0.5, 0.6) is 5.88 Å². The monoisotopic (exact) mass is 370 g/mol. The van der Waals surface area contributed by atoms with E-state index >= 15 is 0 Å². The average Bonchev–Trinajstić information content (AvgIpc) is 2.94. The summed E-state index contributed by atoms with van der Waals surface area (Å²) in [4.78, 5) is 16.1. The molecule has 2 fully saturated rings. The summed E-state index contributed by atoms with van der Waals surface area (Å²) in [6.45, 7) is 0.958. The van der Waals surface area contributed by atoms with Crippen molar-refractivity contribution in [2.24, 2.45) is 11.3 Å². The number of carbonyl (C=O) groups is 1. The van der Waals surface area contributed by atoms with Gasteiger partial charge in [-0.3, -0.25) is 4.79 Å². The standard InChI is InChI=1S/C18H24F2N2O4/c19-14(20)11-26-15-9-12(2-6-21-15)17(24)22-10-13-1-3-18(16(13)23)4-7-25-8-5-18/h2,6,9,13-14,16,23H,1,3-5,7-8,10-11H2,(H,22,24)/t13-,16+/m1/s1. The second-order valence-electron chi connectivity index (χ2n) is 7.01. The van der Waals surface area contributed by atoms with Crippen molar-refractivity contribution in [3.63, 3.8) is 0 Å². The third kappa shape index (κ3) is 4.29. The third-order valence-corrected chi connectivity index (χ3v) is 5.45. The summed E-state index contributed by atoms with van der Waals surface area (Å²) in [6.07, 6.45) is 1.81. The molecule has 1 saturated heterocycles. The normalized spacial score (nSPS) is 24.8. The highest BCUT2D eigenvalue weighted by molar-refractivity contribution is 5.94. The lowest BCUT2D eigenvalue weighted by atomic mass is 9.76. The SMILES string of the molecule is O=C(NC[C@H]1CCC2(CCOCC2)[C@H]1O)c1ccnc(OCC(F)F)c1. The van der Waals surface area contributed by atoms with E-state index in [1.165, 1.54) is 18.3 Å². The minimum Gasteiger partial charge on any atom is -0.472 e. The van der Waals surface area contributed by atoms with Crippen LogP contribution in [-0.4, -0.2) is 54.9 Å². The maximum Gasteiger partial charge on any atom is 0.272 e. The molecule has 2 heterocycles. The van der Waals surface area contributed by atoms with E-state index in [-0.39, 0.29) is 28.7 Å². The van der Waals surface area contributed by atoms with Crippen molar-refractivity contribution in [3.8, 4) is 5.88 Å². The van der Waals surface area contributed by atoms with Crippen LogP contribution < -0.4 is 10.1 Å². The van der Waals surface area contributed by atoms with Crippen molar-refractivity contribution in [2.75, 3.05) is 26.4 Å². The molecule has 2 atom stereocenters. The Hall–Kier alpha value is -1.80. The van der Waals surface area contributed by atoms with Crippen LogP contribution in [0.1, 0.15) is 36.0 Å². The van der Waals surface area contributed by atoms with E-state index in [9.17, 15) is 18.7 Å². The van der Waals surface area contributed by atoms with Gasteiger partial charge in [-0.15, -0.1) is 0 Å². The molecule has 3 rings (SSSR count). The molecule has 144 valence electrons. The number of alkyl halides is 2. The van der Waals surface area contributed by atoms with Crippen LogP contribution in [0.15, 0.2) is 18.3 Å². The fraction of sp³-hybridized carbons (Fsp3) is 0.667. The van der Waals surface area contributed by atoms with Crippen LogP contribution in [0.4, 0.5) is 8.78 Å². The number of rotatable bonds is 6. The number of halogens is 2. The molecule has 8 heteroatoms. The third-order valence-electron chi connectivity index (χ3n) is 5.45. The largest absolute Gasteiger partial charge is 0.472 e. The van der Waals surface area contributed by atoms with Crippen LogP contribution in [0.2, 0.25) is 0 Å². The summed E-state index contributed by atoms with van der Waals surface area (Å²) in [5.74, 6) is -0.345. The van der Waals surface area contributed by atoms with Crippen molar-refractivity contribution >= 4 is 5.91 Å². The zero-order valence-corrected chi connectivity index (χ0v) is 14.5. The molecule has 0 unspecified atom stereocenters. The summed E-state index contributed by atoms with van der Waals surface area (Å²) >= 11 is 0. The summed E-state index contributed by atoms with van der Waals surface area (Å²) in [7, 11) is 0. The van der Waals surface area contributed by atoms with Crippen LogP contribution in [0, 0.1) is 11.3 Å². The van der Waals surface area contributed by atoms with Gasteiger partial charge in [0.2, 0.25) is 5.88 Å². The molecule has 1 spiro atoms.